The summed E-state index contributed by atoms with van der Waals surface area (Å²) in [5.74, 6) is -0.717. The van der Waals surface area contributed by atoms with Crippen molar-refractivity contribution in [3.05, 3.63) is 39.4 Å². The van der Waals surface area contributed by atoms with Crippen molar-refractivity contribution in [1.29, 1.82) is 0 Å². The number of aldehydes is 1. The molecule has 18 heavy (non-hydrogen) atoms. The maximum atomic E-state index is 11.5. The second kappa shape index (κ2) is 6.48. The zero-order valence-corrected chi connectivity index (χ0v) is 9.92. The van der Waals surface area contributed by atoms with E-state index in [4.69, 9.17) is 4.74 Å². The fourth-order valence-electron chi connectivity index (χ4n) is 1.49. The molecule has 0 unspecified atom stereocenters. The molecule has 0 aliphatic heterocycles. The third kappa shape index (κ3) is 3.38. The zero-order valence-electron chi connectivity index (χ0n) is 9.92. The number of benzene rings is 1. The molecule has 96 valence electrons. The number of nitro benzene ring substituents is 1. The first-order chi connectivity index (χ1) is 8.60. The highest BCUT2D eigenvalue weighted by Gasteiger charge is 2.21. The van der Waals surface area contributed by atoms with Crippen LogP contribution in [0, 0.1) is 10.1 Å². The molecular formula is C12H13NO5. The highest BCUT2D eigenvalue weighted by atomic mass is 16.6. The van der Waals surface area contributed by atoms with Gasteiger partial charge in [-0.05, 0) is 25.0 Å². The van der Waals surface area contributed by atoms with Gasteiger partial charge in [-0.25, -0.2) is 4.79 Å². The van der Waals surface area contributed by atoms with Gasteiger partial charge in [0, 0.05) is 12.5 Å². The molecule has 6 heteroatoms. The van der Waals surface area contributed by atoms with Crippen molar-refractivity contribution < 1.29 is 19.2 Å². The highest BCUT2D eigenvalue weighted by Crippen LogP contribution is 2.22. The Morgan fingerprint density at radius 1 is 1.50 bits per heavy atom. The molecule has 1 aromatic rings. The Morgan fingerprint density at radius 2 is 2.22 bits per heavy atom. The van der Waals surface area contributed by atoms with Gasteiger partial charge in [0.1, 0.15) is 11.8 Å². The van der Waals surface area contributed by atoms with Gasteiger partial charge in [-0.1, -0.05) is 6.07 Å². The van der Waals surface area contributed by atoms with Gasteiger partial charge in [-0.15, -0.1) is 0 Å². The van der Waals surface area contributed by atoms with E-state index in [0.29, 0.717) is 12.0 Å². The maximum absolute atomic E-state index is 11.5. The largest absolute Gasteiger partial charge is 0.462 e. The lowest BCUT2D eigenvalue weighted by molar-refractivity contribution is -0.385. The van der Waals surface area contributed by atoms with E-state index in [1.54, 1.807) is 13.0 Å². The molecule has 0 aromatic heterocycles. The first kappa shape index (κ1) is 13.8. The van der Waals surface area contributed by atoms with Crippen molar-refractivity contribution in [1.82, 2.24) is 0 Å². The third-order valence-electron chi connectivity index (χ3n) is 2.31. The van der Waals surface area contributed by atoms with Crippen molar-refractivity contribution in [2.24, 2.45) is 0 Å². The van der Waals surface area contributed by atoms with Crippen LogP contribution in [0.1, 0.15) is 29.3 Å². The van der Waals surface area contributed by atoms with Gasteiger partial charge in [0.05, 0.1) is 11.5 Å². The summed E-state index contributed by atoms with van der Waals surface area (Å²) in [6, 6.07) is 4.24. The molecule has 6 nitrogen and oxygen atoms in total. The summed E-state index contributed by atoms with van der Waals surface area (Å²) >= 11 is 0. The smallest absolute Gasteiger partial charge is 0.345 e. The second-order valence-corrected chi connectivity index (χ2v) is 3.53. The van der Waals surface area contributed by atoms with Crippen molar-refractivity contribution in [3.8, 4) is 0 Å². The molecule has 0 saturated carbocycles. The van der Waals surface area contributed by atoms with Crippen LogP contribution in [0.3, 0.4) is 0 Å². The number of hydrogen-bond donors (Lipinski definition) is 0. The molecule has 0 heterocycles. The van der Waals surface area contributed by atoms with Crippen LogP contribution in [0.5, 0.6) is 0 Å². The van der Waals surface area contributed by atoms with Crippen LogP contribution in [0.25, 0.3) is 0 Å². The van der Waals surface area contributed by atoms with Crippen LogP contribution in [-0.4, -0.2) is 23.8 Å². The summed E-state index contributed by atoms with van der Waals surface area (Å²) in [5, 5.41) is 10.9. The van der Waals surface area contributed by atoms with E-state index >= 15 is 0 Å². The number of nitrogens with zero attached hydrogens (tertiary/aromatic N) is 1. The Morgan fingerprint density at radius 3 is 2.78 bits per heavy atom. The lowest BCUT2D eigenvalue weighted by Gasteiger charge is -2.04. The van der Waals surface area contributed by atoms with Crippen molar-refractivity contribution >= 4 is 17.9 Å². The molecule has 0 spiro atoms. The van der Waals surface area contributed by atoms with Crippen molar-refractivity contribution in [3.63, 3.8) is 0 Å². The van der Waals surface area contributed by atoms with Crippen molar-refractivity contribution in [2.45, 2.75) is 19.8 Å². The summed E-state index contributed by atoms with van der Waals surface area (Å²) in [7, 11) is 0. The molecule has 0 fully saturated rings. The van der Waals surface area contributed by atoms with Gasteiger partial charge in [0.15, 0.2) is 0 Å². The molecule has 0 N–H and O–H groups in total. The first-order valence-electron chi connectivity index (χ1n) is 5.48. The quantitative estimate of drug-likeness (QED) is 0.333. The SMILES string of the molecule is CCOC(=O)c1ccc(CCC=O)cc1[N+](=O)[O-]. The Bertz CT molecular complexity index is 470. The van der Waals surface area contributed by atoms with E-state index in [1.807, 2.05) is 0 Å². The molecule has 0 atom stereocenters. The van der Waals surface area contributed by atoms with Crippen LogP contribution < -0.4 is 0 Å². The molecule has 0 saturated heterocycles. The molecule has 0 aliphatic carbocycles. The highest BCUT2D eigenvalue weighted by molar-refractivity contribution is 5.94. The number of hydrogen-bond acceptors (Lipinski definition) is 5. The summed E-state index contributed by atoms with van der Waals surface area (Å²) in [4.78, 5) is 32.0. The fraction of sp³-hybridized carbons (Fsp3) is 0.333. The van der Waals surface area contributed by atoms with E-state index in [0.717, 1.165) is 6.29 Å². The number of carbonyl (C=O) groups is 2. The lowest BCUT2D eigenvalue weighted by Crippen LogP contribution is -2.08. The number of rotatable bonds is 6. The standard InChI is InChI=1S/C12H13NO5/c1-2-18-12(15)10-6-5-9(4-3-7-14)8-11(10)13(16)17/h5-8H,2-4H2,1H3. The van der Waals surface area contributed by atoms with E-state index in [-0.39, 0.29) is 24.3 Å². The van der Waals surface area contributed by atoms with E-state index in [9.17, 15) is 19.7 Å². The van der Waals surface area contributed by atoms with Gasteiger partial charge < -0.3 is 9.53 Å². The monoisotopic (exact) mass is 251 g/mol. The fourth-order valence-corrected chi connectivity index (χ4v) is 1.49. The molecule has 1 rings (SSSR count). The Balaban J connectivity index is 3.08. The van der Waals surface area contributed by atoms with E-state index in [2.05, 4.69) is 0 Å². The predicted octanol–water partition coefficient (Wildman–Crippen LogP) is 1.90. The van der Waals surface area contributed by atoms with Gasteiger partial charge in [-0.2, -0.15) is 0 Å². The average molecular weight is 251 g/mol. The molecule has 0 aliphatic rings. The lowest BCUT2D eigenvalue weighted by atomic mass is 10.1. The molecule has 0 bridgehead atoms. The van der Waals surface area contributed by atoms with E-state index < -0.39 is 10.9 Å². The number of carbonyl (C=O) groups excluding carboxylic acids is 2. The third-order valence-corrected chi connectivity index (χ3v) is 2.31. The minimum absolute atomic E-state index is 0.0725. The van der Waals surface area contributed by atoms with Gasteiger partial charge in [0.25, 0.3) is 5.69 Å². The second-order valence-electron chi connectivity index (χ2n) is 3.53. The van der Waals surface area contributed by atoms with Crippen LogP contribution in [0.15, 0.2) is 18.2 Å². The first-order valence-corrected chi connectivity index (χ1v) is 5.48. The summed E-state index contributed by atoms with van der Waals surface area (Å²) in [6.45, 7) is 1.78. The Hall–Kier alpha value is -2.24. The van der Waals surface area contributed by atoms with Gasteiger partial charge >= 0.3 is 5.97 Å². The minimum atomic E-state index is -0.717. The Labute approximate surface area is 104 Å². The number of esters is 1. The topological polar surface area (TPSA) is 86.5 Å². The van der Waals surface area contributed by atoms with Crippen LogP contribution in [0.2, 0.25) is 0 Å². The number of ether oxygens (including phenoxy) is 1. The van der Waals surface area contributed by atoms with Gasteiger partial charge in [-0.3, -0.25) is 10.1 Å². The van der Waals surface area contributed by atoms with Crippen LogP contribution in [-0.2, 0) is 16.0 Å². The average Bonchev–Trinajstić information content (AvgIpc) is 2.36. The molecular weight excluding hydrogens is 238 g/mol. The summed E-state index contributed by atoms with van der Waals surface area (Å²) < 4.78 is 4.74. The molecule has 0 radical (unpaired) electrons. The normalized spacial score (nSPS) is 9.83. The zero-order chi connectivity index (χ0) is 13.5. The number of nitro groups is 1. The van der Waals surface area contributed by atoms with Crippen molar-refractivity contribution in [2.75, 3.05) is 6.61 Å². The summed E-state index contributed by atoms with van der Waals surface area (Å²) in [6.07, 6.45) is 1.44. The molecule has 0 amide bonds. The van der Waals surface area contributed by atoms with Gasteiger partial charge in [0.2, 0.25) is 0 Å². The van der Waals surface area contributed by atoms with Crippen LogP contribution in [0.4, 0.5) is 5.69 Å². The van der Waals surface area contributed by atoms with Crippen LogP contribution >= 0.6 is 0 Å². The Kier molecular flexibility index (Phi) is 4.98. The summed E-state index contributed by atoms with van der Waals surface area (Å²) in [5.41, 5.74) is 0.274. The minimum Gasteiger partial charge on any atom is -0.462 e. The number of aryl methyl sites for hydroxylation is 1. The maximum Gasteiger partial charge on any atom is 0.345 e. The predicted molar refractivity (Wildman–Crippen MR) is 63.4 cm³/mol. The molecule has 1 aromatic carbocycles. The van der Waals surface area contributed by atoms with E-state index in [1.165, 1.54) is 12.1 Å².